The van der Waals surface area contributed by atoms with Crippen molar-refractivity contribution in [1.29, 1.82) is 0 Å². The fraction of sp³-hybridized carbons (Fsp3) is 0.500. The van der Waals surface area contributed by atoms with Gasteiger partial charge in [-0.25, -0.2) is 0 Å². The van der Waals surface area contributed by atoms with E-state index in [0.717, 1.165) is 31.6 Å². The normalized spacial score (nSPS) is 20.1. The Bertz CT molecular complexity index is 362. The van der Waals surface area contributed by atoms with Gasteiger partial charge in [-0.1, -0.05) is 23.9 Å². The van der Waals surface area contributed by atoms with Crippen LogP contribution in [0.15, 0.2) is 29.2 Å². The van der Waals surface area contributed by atoms with Crippen molar-refractivity contribution in [3.63, 3.8) is 0 Å². The summed E-state index contributed by atoms with van der Waals surface area (Å²) in [6.07, 6.45) is 1.04. The summed E-state index contributed by atoms with van der Waals surface area (Å²) < 4.78 is 24.3. The lowest BCUT2D eigenvalue weighted by Gasteiger charge is -2.15. The van der Waals surface area contributed by atoms with E-state index in [9.17, 15) is 8.78 Å². The number of nitrogens with two attached hydrogens (primary N) is 1. The van der Waals surface area contributed by atoms with Gasteiger partial charge in [-0.2, -0.15) is 8.78 Å². The van der Waals surface area contributed by atoms with Gasteiger partial charge in [-0.3, -0.25) is 4.90 Å². The Balaban J connectivity index is 0.00000162. The van der Waals surface area contributed by atoms with Crippen molar-refractivity contribution in [3.05, 3.63) is 29.8 Å². The van der Waals surface area contributed by atoms with Crippen molar-refractivity contribution >= 4 is 24.2 Å². The highest BCUT2D eigenvalue weighted by Gasteiger charge is 2.18. The first-order chi connectivity index (χ1) is 8.13. The van der Waals surface area contributed by atoms with Crippen LogP contribution in [0.3, 0.4) is 0 Å². The van der Waals surface area contributed by atoms with Crippen LogP contribution < -0.4 is 5.73 Å². The lowest BCUT2D eigenvalue weighted by molar-refractivity contribution is 0.252. The molecule has 0 spiro atoms. The van der Waals surface area contributed by atoms with Crippen LogP contribution >= 0.6 is 24.2 Å². The monoisotopic (exact) mass is 294 g/mol. The predicted molar refractivity (Wildman–Crippen MR) is 73.4 cm³/mol. The third kappa shape index (κ3) is 4.72. The van der Waals surface area contributed by atoms with Crippen LogP contribution in [0.25, 0.3) is 0 Å². The maximum atomic E-state index is 12.1. The number of alkyl halides is 2. The summed E-state index contributed by atoms with van der Waals surface area (Å²) in [5.74, 6) is -2.35. The van der Waals surface area contributed by atoms with Gasteiger partial charge in [-0.15, -0.1) is 12.4 Å². The van der Waals surface area contributed by atoms with Crippen LogP contribution in [-0.2, 0) is 6.54 Å². The Kier molecular flexibility index (Phi) is 6.35. The molecule has 2 N–H and O–H groups in total. The van der Waals surface area contributed by atoms with Crippen LogP contribution in [0.4, 0.5) is 8.78 Å². The Morgan fingerprint density at radius 3 is 2.50 bits per heavy atom. The maximum absolute atomic E-state index is 12.1. The largest absolute Gasteiger partial charge is 0.326 e. The van der Waals surface area contributed by atoms with Gasteiger partial charge in [0.25, 0.3) is 5.76 Å². The summed E-state index contributed by atoms with van der Waals surface area (Å²) in [6, 6.07) is 7.61. The van der Waals surface area contributed by atoms with Crippen molar-refractivity contribution < 1.29 is 8.78 Å². The van der Waals surface area contributed by atoms with Crippen molar-refractivity contribution in [3.8, 4) is 0 Å². The molecule has 0 aliphatic carbocycles. The number of likely N-dealkylation sites (tertiary alicyclic amines) is 1. The van der Waals surface area contributed by atoms with Gasteiger partial charge in [0.1, 0.15) is 0 Å². The predicted octanol–water partition coefficient (Wildman–Crippen LogP) is 2.96. The minimum Gasteiger partial charge on any atom is -0.326 e. The second-order valence-corrected chi connectivity index (χ2v) is 5.37. The summed E-state index contributed by atoms with van der Waals surface area (Å²) in [5, 5.41) is 0. The van der Waals surface area contributed by atoms with Gasteiger partial charge in [0.05, 0.1) is 0 Å². The fourth-order valence-corrected chi connectivity index (χ4v) is 2.54. The zero-order chi connectivity index (χ0) is 12.3. The Morgan fingerprint density at radius 1 is 1.33 bits per heavy atom. The number of nitrogens with zero attached hydrogens (tertiary/aromatic N) is 1. The number of halogens is 3. The molecule has 1 fully saturated rings. The van der Waals surface area contributed by atoms with Gasteiger partial charge < -0.3 is 5.73 Å². The number of hydrogen-bond acceptors (Lipinski definition) is 3. The molecule has 0 saturated carbocycles. The van der Waals surface area contributed by atoms with Gasteiger partial charge in [0, 0.05) is 30.6 Å². The maximum Gasteiger partial charge on any atom is 0.288 e. The van der Waals surface area contributed by atoms with Crippen LogP contribution in [-0.4, -0.2) is 29.8 Å². The number of rotatable bonds is 4. The molecule has 2 rings (SSSR count). The molecule has 18 heavy (non-hydrogen) atoms. The molecule has 0 aromatic heterocycles. The molecule has 0 amide bonds. The van der Waals surface area contributed by atoms with E-state index < -0.39 is 5.76 Å². The molecule has 0 unspecified atom stereocenters. The van der Waals surface area contributed by atoms with Crippen molar-refractivity contribution in [2.45, 2.75) is 29.7 Å². The van der Waals surface area contributed by atoms with E-state index in [1.165, 1.54) is 0 Å². The third-order valence-corrected chi connectivity index (χ3v) is 3.59. The zero-order valence-electron chi connectivity index (χ0n) is 9.89. The zero-order valence-corrected chi connectivity index (χ0v) is 11.5. The van der Waals surface area contributed by atoms with E-state index >= 15 is 0 Å². The summed E-state index contributed by atoms with van der Waals surface area (Å²) in [6.45, 7) is 2.80. The Labute approximate surface area is 116 Å². The molecule has 0 radical (unpaired) electrons. The molecule has 1 saturated heterocycles. The Morgan fingerprint density at radius 2 is 2.00 bits per heavy atom. The number of thioether (sulfide) groups is 1. The van der Waals surface area contributed by atoms with Gasteiger partial charge in [0.2, 0.25) is 0 Å². The molecule has 1 aliphatic heterocycles. The second kappa shape index (κ2) is 7.28. The van der Waals surface area contributed by atoms with Gasteiger partial charge >= 0.3 is 0 Å². The van der Waals surface area contributed by atoms with Crippen molar-refractivity contribution in [2.75, 3.05) is 13.1 Å². The average Bonchev–Trinajstić information content (AvgIpc) is 2.66. The van der Waals surface area contributed by atoms with E-state index in [1.807, 2.05) is 12.1 Å². The second-order valence-electron chi connectivity index (χ2n) is 4.31. The first kappa shape index (κ1) is 15.7. The first-order valence-electron chi connectivity index (χ1n) is 5.65. The minimum absolute atomic E-state index is 0. The standard InChI is InChI=1S/C12H16F2N2S.ClH/c13-12(14)17-11-3-1-9(2-4-11)7-16-6-5-10(15)8-16;/h1-4,10,12H,5-8,15H2;1H/t10-;/m1./s1. The lowest BCUT2D eigenvalue weighted by Crippen LogP contribution is -2.26. The van der Waals surface area contributed by atoms with Crippen LogP contribution in [0.1, 0.15) is 12.0 Å². The quantitative estimate of drug-likeness (QED) is 0.866. The van der Waals surface area contributed by atoms with Crippen molar-refractivity contribution in [1.82, 2.24) is 4.90 Å². The molecular weight excluding hydrogens is 278 g/mol. The fourth-order valence-electron chi connectivity index (χ4n) is 2.04. The molecule has 1 aromatic carbocycles. The Hall–Kier alpha value is -0.360. The molecule has 102 valence electrons. The van der Waals surface area contributed by atoms with E-state index in [2.05, 4.69) is 4.90 Å². The van der Waals surface area contributed by atoms with E-state index in [0.29, 0.717) is 16.7 Å². The average molecular weight is 295 g/mol. The molecule has 0 bridgehead atoms. The van der Waals surface area contributed by atoms with E-state index in [-0.39, 0.29) is 18.4 Å². The molecule has 1 heterocycles. The SMILES string of the molecule is Cl.N[C@@H]1CCN(Cc2ccc(SC(F)F)cc2)C1. The molecule has 6 heteroatoms. The van der Waals surface area contributed by atoms with Crippen LogP contribution in [0.5, 0.6) is 0 Å². The number of benzene rings is 1. The van der Waals surface area contributed by atoms with Crippen LogP contribution in [0.2, 0.25) is 0 Å². The summed E-state index contributed by atoms with van der Waals surface area (Å²) in [4.78, 5) is 2.90. The lowest BCUT2D eigenvalue weighted by atomic mass is 10.2. The van der Waals surface area contributed by atoms with Gasteiger partial charge in [-0.05, 0) is 24.1 Å². The summed E-state index contributed by atoms with van der Waals surface area (Å²) >= 11 is 0.583. The highest BCUT2D eigenvalue weighted by Crippen LogP contribution is 2.25. The van der Waals surface area contributed by atoms with Crippen LogP contribution in [0, 0.1) is 0 Å². The minimum atomic E-state index is -2.35. The molecule has 1 aromatic rings. The summed E-state index contributed by atoms with van der Waals surface area (Å²) in [5.41, 5.74) is 6.98. The number of hydrogen-bond donors (Lipinski definition) is 1. The smallest absolute Gasteiger partial charge is 0.288 e. The molecule has 1 aliphatic rings. The highest BCUT2D eigenvalue weighted by molar-refractivity contribution is 7.99. The van der Waals surface area contributed by atoms with E-state index in [4.69, 9.17) is 5.73 Å². The third-order valence-electron chi connectivity index (χ3n) is 2.86. The topological polar surface area (TPSA) is 29.3 Å². The van der Waals surface area contributed by atoms with Crippen molar-refractivity contribution in [2.24, 2.45) is 5.73 Å². The molecule has 2 nitrogen and oxygen atoms in total. The molecular formula is C12H17ClF2N2S. The van der Waals surface area contributed by atoms with Gasteiger partial charge in [0.15, 0.2) is 0 Å². The van der Waals surface area contributed by atoms with E-state index in [1.54, 1.807) is 12.1 Å². The first-order valence-corrected chi connectivity index (χ1v) is 6.53. The highest BCUT2D eigenvalue weighted by atomic mass is 35.5. The molecule has 1 atom stereocenters. The summed E-state index contributed by atoms with van der Waals surface area (Å²) in [7, 11) is 0.